The zero-order valence-corrected chi connectivity index (χ0v) is 14.0. The molecule has 0 saturated heterocycles. The molecule has 3 heterocycles. The van der Waals surface area contributed by atoms with Crippen molar-refractivity contribution in [2.45, 2.75) is 32.1 Å². The van der Waals surface area contributed by atoms with E-state index in [0.717, 1.165) is 6.07 Å². The van der Waals surface area contributed by atoms with Gasteiger partial charge in [-0.05, 0) is 38.1 Å². The van der Waals surface area contributed by atoms with Gasteiger partial charge in [0.1, 0.15) is 17.0 Å². The first kappa shape index (κ1) is 16.8. The monoisotopic (exact) mass is 361 g/mol. The van der Waals surface area contributed by atoms with Gasteiger partial charge in [0, 0.05) is 17.1 Å². The Bertz CT molecular complexity index is 1030. The number of aliphatic imine (C=N–C) groups is 1. The number of alkyl halides is 3. The average Bonchev–Trinajstić information content (AvgIpc) is 3.03. The summed E-state index contributed by atoms with van der Waals surface area (Å²) >= 11 is 0. The molecule has 2 aromatic heterocycles. The van der Waals surface area contributed by atoms with E-state index in [4.69, 9.17) is 0 Å². The molecule has 1 aliphatic heterocycles. The fourth-order valence-electron chi connectivity index (χ4n) is 3.38. The van der Waals surface area contributed by atoms with Crippen LogP contribution in [-0.4, -0.2) is 21.3 Å². The molecule has 3 nitrogen and oxygen atoms in total. The van der Waals surface area contributed by atoms with Crippen molar-refractivity contribution in [3.63, 3.8) is 0 Å². The Balaban J connectivity index is 1.91. The Morgan fingerprint density at radius 3 is 2.58 bits per heavy atom. The molecule has 4 rings (SSSR count). The van der Waals surface area contributed by atoms with Crippen LogP contribution >= 0.6 is 0 Å². The van der Waals surface area contributed by atoms with E-state index in [1.54, 1.807) is 32.0 Å². The highest BCUT2D eigenvalue weighted by Gasteiger charge is 2.39. The molecule has 0 spiro atoms. The van der Waals surface area contributed by atoms with Gasteiger partial charge < -0.3 is 4.57 Å². The second kappa shape index (κ2) is 5.65. The second-order valence-electron chi connectivity index (χ2n) is 6.47. The van der Waals surface area contributed by atoms with Gasteiger partial charge in [0.15, 0.2) is 0 Å². The Morgan fingerprint density at radius 1 is 1.08 bits per heavy atom. The molecule has 1 aromatic carbocycles. The van der Waals surface area contributed by atoms with E-state index in [1.807, 2.05) is 0 Å². The van der Waals surface area contributed by atoms with Crippen LogP contribution in [0.3, 0.4) is 0 Å². The lowest BCUT2D eigenvalue weighted by Gasteiger charge is -2.30. The Labute approximate surface area is 147 Å². The van der Waals surface area contributed by atoms with Crippen molar-refractivity contribution in [1.82, 2.24) is 9.55 Å². The van der Waals surface area contributed by atoms with Gasteiger partial charge in [0.05, 0.1) is 23.5 Å². The lowest BCUT2D eigenvalue weighted by molar-refractivity contribution is -0.144. The third-order valence-corrected chi connectivity index (χ3v) is 4.82. The van der Waals surface area contributed by atoms with Gasteiger partial charge in [-0.3, -0.25) is 9.98 Å². The number of hydrogen-bond donors (Lipinski definition) is 0. The molecule has 0 unspecified atom stereocenters. The first-order valence-corrected chi connectivity index (χ1v) is 8.18. The van der Waals surface area contributed by atoms with Crippen LogP contribution in [0.4, 0.5) is 17.6 Å². The molecule has 7 heteroatoms. The van der Waals surface area contributed by atoms with E-state index >= 15 is 0 Å². The van der Waals surface area contributed by atoms with E-state index in [9.17, 15) is 17.6 Å². The molecule has 0 saturated carbocycles. The summed E-state index contributed by atoms with van der Waals surface area (Å²) in [6.45, 7) is 3.50. The number of aromatic nitrogens is 2. The molecule has 0 fully saturated rings. The highest BCUT2D eigenvalue weighted by molar-refractivity contribution is 6.13. The van der Waals surface area contributed by atoms with E-state index in [1.165, 1.54) is 22.9 Å². The average molecular weight is 361 g/mol. The van der Waals surface area contributed by atoms with Crippen molar-refractivity contribution in [2.24, 2.45) is 4.99 Å². The topological polar surface area (TPSA) is 30.2 Å². The van der Waals surface area contributed by atoms with Crippen LogP contribution in [0.25, 0.3) is 10.9 Å². The van der Waals surface area contributed by atoms with Crippen LogP contribution in [0.5, 0.6) is 0 Å². The SMILES string of the molecule is C[C@@H]1N=C(c2cnc3c(F)cccc3c2)c2ccc(C(F)(F)F)n2[C@@H]1C. The minimum Gasteiger partial charge on any atom is -0.331 e. The molecule has 3 aromatic rings. The van der Waals surface area contributed by atoms with Gasteiger partial charge in [-0.1, -0.05) is 12.1 Å². The minimum absolute atomic E-state index is 0.223. The molecule has 0 aliphatic carbocycles. The van der Waals surface area contributed by atoms with Crippen molar-refractivity contribution in [3.05, 3.63) is 65.4 Å². The highest BCUT2D eigenvalue weighted by atomic mass is 19.4. The molecular formula is C19H15F4N3. The van der Waals surface area contributed by atoms with E-state index in [-0.39, 0.29) is 11.6 Å². The maximum atomic E-state index is 13.8. The molecule has 2 atom stereocenters. The maximum Gasteiger partial charge on any atom is 0.431 e. The molecule has 1 aliphatic rings. The normalized spacial score (nSPS) is 20.2. The third-order valence-electron chi connectivity index (χ3n) is 4.82. The Morgan fingerprint density at radius 2 is 1.85 bits per heavy atom. The summed E-state index contributed by atoms with van der Waals surface area (Å²) in [5, 5.41) is 0.575. The zero-order chi connectivity index (χ0) is 18.6. The van der Waals surface area contributed by atoms with Crippen molar-refractivity contribution >= 4 is 16.6 Å². The van der Waals surface area contributed by atoms with Crippen LogP contribution in [0.15, 0.2) is 47.6 Å². The predicted molar refractivity (Wildman–Crippen MR) is 90.9 cm³/mol. The molecule has 0 bridgehead atoms. The van der Waals surface area contributed by atoms with Crippen LogP contribution in [0.2, 0.25) is 0 Å². The third kappa shape index (κ3) is 2.50. The molecule has 134 valence electrons. The molecule has 0 N–H and O–H groups in total. The smallest absolute Gasteiger partial charge is 0.331 e. The van der Waals surface area contributed by atoms with Crippen LogP contribution in [0.1, 0.15) is 36.8 Å². The van der Waals surface area contributed by atoms with Gasteiger partial charge in [-0.15, -0.1) is 0 Å². The summed E-state index contributed by atoms with van der Waals surface area (Å²) < 4.78 is 55.2. The van der Waals surface area contributed by atoms with Crippen molar-refractivity contribution in [1.29, 1.82) is 0 Å². The Kier molecular flexibility index (Phi) is 3.64. The van der Waals surface area contributed by atoms with Crippen LogP contribution in [-0.2, 0) is 6.18 Å². The lowest BCUT2D eigenvalue weighted by atomic mass is 10.0. The van der Waals surface area contributed by atoms with Crippen LogP contribution in [0, 0.1) is 5.82 Å². The molecule has 0 radical (unpaired) electrons. The maximum absolute atomic E-state index is 13.8. The minimum atomic E-state index is -4.44. The van der Waals surface area contributed by atoms with Gasteiger partial charge in [-0.2, -0.15) is 13.2 Å². The number of benzene rings is 1. The number of rotatable bonds is 1. The number of para-hydroxylation sites is 1. The van der Waals surface area contributed by atoms with Gasteiger partial charge >= 0.3 is 6.18 Å². The van der Waals surface area contributed by atoms with Crippen molar-refractivity contribution in [3.8, 4) is 0 Å². The summed E-state index contributed by atoms with van der Waals surface area (Å²) in [7, 11) is 0. The predicted octanol–water partition coefficient (Wildman–Crippen LogP) is 4.99. The Hall–Kier alpha value is -2.70. The number of halogens is 4. The highest BCUT2D eigenvalue weighted by Crippen LogP contribution is 2.37. The number of pyridine rings is 1. The van der Waals surface area contributed by atoms with Gasteiger partial charge in [-0.25, -0.2) is 4.39 Å². The number of fused-ring (bicyclic) bond motifs is 2. The van der Waals surface area contributed by atoms with E-state index < -0.39 is 23.7 Å². The standard InChI is InChI=1S/C19H15F4N3/c1-10-11(2)26-15(6-7-16(26)19(21,22)23)18(25-10)13-8-12-4-3-5-14(20)17(12)24-9-13/h3-11H,1-2H3/t10-,11+/m0/s1. The second-order valence-corrected chi connectivity index (χ2v) is 6.47. The van der Waals surface area contributed by atoms with E-state index in [2.05, 4.69) is 9.98 Å². The summed E-state index contributed by atoms with van der Waals surface area (Å²) in [5.41, 5.74) is 0.916. The first-order valence-electron chi connectivity index (χ1n) is 8.18. The quantitative estimate of drug-likeness (QED) is 0.561. The fraction of sp³-hybridized carbons (Fsp3) is 0.263. The first-order chi connectivity index (χ1) is 12.3. The summed E-state index contributed by atoms with van der Waals surface area (Å²) in [6.07, 6.45) is -2.99. The number of nitrogens with zero attached hydrogens (tertiary/aromatic N) is 3. The largest absolute Gasteiger partial charge is 0.431 e. The number of hydrogen-bond acceptors (Lipinski definition) is 2. The summed E-state index contributed by atoms with van der Waals surface area (Å²) in [5.74, 6) is -0.440. The molecule has 26 heavy (non-hydrogen) atoms. The van der Waals surface area contributed by atoms with E-state index in [0.29, 0.717) is 22.4 Å². The van der Waals surface area contributed by atoms with Gasteiger partial charge in [0.25, 0.3) is 0 Å². The zero-order valence-electron chi connectivity index (χ0n) is 14.0. The molecule has 0 amide bonds. The van der Waals surface area contributed by atoms with Crippen LogP contribution < -0.4 is 0 Å². The summed E-state index contributed by atoms with van der Waals surface area (Å²) in [4.78, 5) is 8.74. The van der Waals surface area contributed by atoms with Crippen molar-refractivity contribution in [2.75, 3.05) is 0 Å². The molecular weight excluding hydrogens is 346 g/mol. The fourth-order valence-corrected chi connectivity index (χ4v) is 3.38. The van der Waals surface area contributed by atoms with Crippen molar-refractivity contribution < 1.29 is 17.6 Å². The van der Waals surface area contributed by atoms with Gasteiger partial charge in [0.2, 0.25) is 0 Å². The lowest BCUT2D eigenvalue weighted by Crippen LogP contribution is -2.31. The summed E-state index contributed by atoms with van der Waals surface area (Å²) in [6, 6.07) is 8.05.